The van der Waals surface area contributed by atoms with Gasteiger partial charge in [-0.3, -0.25) is 0 Å². The Bertz CT molecular complexity index is 554. The van der Waals surface area contributed by atoms with Gasteiger partial charge in [0.25, 0.3) is 0 Å². The number of hydrogen-bond donors (Lipinski definition) is 0. The first-order chi connectivity index (χ1) is 10.4. The normalized spacial score (nSPS) is 19.8. The topological polar surface area (TPSA) is 52.8 Å². The second-order valence-electron chi connectivity index (χ2n) is 5.20. The van der Waals surface area contributed by atoms with Crippen LogP contribution in [0, 0.1) is 0 Å². The summed E-state index contributed by atoms with van der Waals surface area (Å²) in [5.41, 5.74) is 1.32. The van der Waals surface area contributed by atoms with Gasteiger partial charge in [-0.2, -0.15) is 0 Å². The average Bonchev–Trinajstić information content (AvgIpc) is 3.18. The van der Waals surface area contributed by atoms with Crippen molar-refractivity contribution in [1.29, 1.82) is 0 Å². The van der Waals surface area contributed by atoms with E-state index in [1.807, 2.05) is 10.7 Å². The lowest BCUT2D eigenvalue weighted by Crippen LogP contribution is -2.17. The molecular weight excluding hydrogens is 284 g/mol. The number of ether oxygens (including phenoxy) is 1. The van der Waals surface area contributed by atoms with E-state index in [-0.39, 0.29) is 6.10 Å². The largest absolute Gasteiger partial charge is 0.376 e. The molecule has 0 aliphatic carbocycles. The second kappa shape index (κ2) is 7.04. The van der Waals surface area contributed by atoms with E-state index in [1.165, 1.54) is 5.56 Å². The summed E-state index contributed by atoms with van der Waals surface area (Å²) < 4.78 is 7.55. The Balaban J connectivity index is 1.70. The molecule has 0 spiro atoms. The lowest BCUT2D eigenvalue weighted by molar-refractivity contribution is 0.0911. The molecule has 6 heteroatoms. The fourth-order valence-corrected chi connectivity index (χ4v) is 3.59. The zero-order valence-electron chi connectivity index (χ0n) is 12.2. The molecule has 1 fully saturated rings. The van der Waals surface area contributed by atoms with Gasteiger partial charge in [0.15, 0.2) is 0 Å². The van der Waals surface area contributed by atoms with Crippen LogP contribution in [0.4, 0.5) is 0 Å². The Morgan fingerprint density at radius 3 is 2.95 bits per heavy atom. The van der Waals surface area contributed by atoms with Crippen molar-refractivity contribution in [3.05, 3.63) is 35.9 Å². The Morgan fingerprint density at radius 1 is 1.38 bits per heavy atom. The first-order valence-corrected chi connectivity index (χ1v) is 8.34. The Hall–Kier alpha value is -1.40. The fraction of sp³-hybridized carbons (Fsp3) is 0.533. The van der Waals surface area contributed by atoms with Gasteiger partial charge in [-0.25, -0.2) is 4.68 Å². The van der Waals surface area contributed by atoms with Crippen molar-refractivity contribution in [2.24, 2.45) is 0 Å². The van der Waals surface area contributed by atoms with Gasteiger partial charge in [0, 0.05) is 11.9 Å². The van der Waals surface area contributed by atoms with E-state index in [4.69, 9.17) is 4.74 Å². The van der Waals surface area contributed by atoms with Crippen LogP contribution in [0.25, 0.3) is 0 Å². The van der Waals surface area contributed by atoms with Crippen molar-refractivity contribution < 1.29 is 4.74 Å². The van der Waals surface area contributed by atoms with E-state index >= 15 is 0 Å². The van der Waals surface area contributed by atoms with Crippen molar-refractivity contribution in [3.8, 4) is 0 Å². The van der Waals surface area contributed by atoms with Gasteiger partial charge in [0.1, 0.15) is 0 Å². The lowest BCUT2D eigenvalue weighted by Gasteiger charge is -2.15. The van der Waals surface area contributed by atoms with E-state index in [9.17, 15) is 0 Å². The van der Waals surface area contributed by atoms with Gasteiger partial charge >= 0.3 is 0 Å². The number of rotatable bonds is 6. The van der Waals surface area contributed by atoms with Crippen LogP contribution < -0.4 is 0 Å². The highest BCUT2D eigenvalue weighted by atomic mass is 32.2. The molecule has 1 saturated heterocycles. The standard InChI is InChI=1S/C15H20N4OS/c1-2-14(12-7-4-3-5-8-12)21-15-16-17-18-19(15)11-13-9-6-10-20-13/h3-5,7-8,13-14H,2,6,9-11H2,1H3/t13-,14+/m1/s1. The zero-order valence-corrected chi connectivity index (χ0v) is 13.0. The third-order valence-electron chi connectivity index (χ3n) is 3.69. The molecule has 112 valence electrons. The number of benzene rings is 1. The number of hydrogen-bond acceptors (Lipinski definition) is 5. The van der Waals surface area contributed by atoms with Crippen LogP contribution in [0.1, 0.15) is 37.0 Å². The van der Waals surface area contributed by atoms with E-state index in [2.05, 4.69) is 46.7 Å². The molecule has 3 rings (SSSR count). The van der Waals surface area contributed by atoms with Gasteiger partial charge in [0.05, 0.1) is 12.6 Å². The summed E-state index contributed by atoms with van der Waals surface area (Å²) in [5.74, 6) is 0. The molecule has 0 N–H and O–H groups in total. The summed E-state index contributed by atoms with van der Waals surface area (Å²) in [6.45, 7) is 3.80. The van der Waals surface area contributed by atoms with E-state index in [0.29, 0.717) is 5.25 Å². The van der Waals surface area contributed by atoms with Crippen LogP contribution in [0.2, 0.25) is 0 Å². The molecular formula is C15H20N4OS. The second-order valence-corrected chi connectivity index (χ2v) is 6.37. The van der Waals surface area contributed by atoms with Gasteiger partial charge < -0.3 is 4.74 Å². The maximum atomic E-state index is 5.67. The predicted molar refractivity (Wildman–Crippen MR) is 82.1 cm³/mol. The van der Waals surface area contributed by atoms with Gasteiger partial charge in [-0.05, 0) is 35.3 Å². The molecule has 2 atom stereocenters. The summed E-state index contributed by atoms with van der Waals surface area (Å²) in [6.07, 6.45) is 3.53. The molecule has 0 bridgehead atoms. The van der Waals surface area contributed by atoms with Gasteiger partial charge in [-0.1, -0.05) is 49.0 Å². The Morgan fingerprint density at radius 2 is 2.24 bits per heavy atom. The van der Waals surface area contributed by atoms with Gasteiger partial charge in [-0.15, -0.1) is 5.10 Å². The molecule has 0 saturated carbocycles. The minimum absolute atomic E-state index is 0.254. The molecule has 21 heavy (non-hydrogen) atoms. The van der Waals surface area contributed by atoms with Crippen LogP contribution in [-0.2, 0) is 11.3 Å². The Labute approximate surface area is 129 Å². The summed E-state index contributed by atoms with van der Waals surface area (Å²) in [6, 6.07) is 10.5. The van der Waals surface area contributed by atoms with Crippen molar-refractivity contribution >= 4 is 11.8 Å². The van der Waals surface area contributed by atoms with Gasteiger partial charge in [0.2, 0.25) is 5.16 Å². The number of thioether (sulfide) groups is 1. The maximum Gasteiger partial charge on any atom is 0.209 e. The number of tetrazole rings is 1. The van der Waals surface area contributed by atoms with Crippen molar-refractivity contribution in [2.45, 2.75) is 49.2 Å². The molecule has 0 unspecified atom stereocenters. The predicted octanol–water partition coefficient (Wildman–Crippen LogP) is 3.10. The van der Waals surface area contributed by atoms with Crippen molar-refractivity contribution in [3.63, 3.8) is 0 Å². The lowest BCUT2D eigenvalue weighted by atomic mass is 10.1. The summed E-state index contributed by atoms with van der Waals surface area (Å²) in [4.78, 5) is 0. The SMILES string of the molecule is CC[C@H](Sc1nnnn1C[C@H]1CCCO1)c1ccccc1. The summed E-state index contributed by atoms with van der Waals surface area (Å²) >= 11 is 1.73. The third-order valence-corrected chi connectivity index (χ3v) is 5.08. The Kier molecular flexibility index (Phi) is 4.87. The van der Waals surface area contributed by atoms with Crippen LogP contribution in [0.5, 0.6) is 0 Å². The van der Waals surface area contributed by atoms with Crippen LogP contribution >= 0.6 is 11.8 Å². The molecule has 2 heterocycles. The molecule has 1 aromatic carbocycles. The molecule has 2 aromatic rings. The summed E-state index contributed by atoms with van der Waals surface area (Å²) in [7, 11) is 0. The van der Waals surface area contributed by atoms with Crippen LogP contribution in [0.15, 0.2) is 35.5 Å². The monoisotopic (exact) mass is 304 g/mol. The van der Waals surface area contributed by atoms with E-state index in [0.717, 1.165) is 37.6 Å². The highest BCUT2D eigenvalue weighted by molar-refractivity contribution is 7.99. The molecule has 1 aliphatic heterocycles. The first kappa shape index (κ1) is 14.5. The van der Waals surface area contributed by atoms with Crippen molar-refractivity contribution in [1.82, 2.24) is 20.2 Å². The summed E-state index contributed by atoms with van der Waals surface area (Å²) in [5, 5.41) is 13.4. The molecule has 0 radical (unpaired) electrons. The molecule has 5 nitrogen and oxygen atoms in total. The molecule has 1 aromatic heterocycles. The van der Waals surface area contributed by atoms with E-state index < -0.39 is 0 Å². The molecule has 1 aliphatic rings. The molecule has 0 amide bonds. The zero-order chi connectivity index (χ0) is 14.5. The fourth-order valence-electron chi connectivity index (χ4n) is 2.56. The minimum Gasteiger partial charge on any atom is -0.376 e. The average molecular weight is 304 g/mol. The van der Waals surface area contributed by atoms with Crippen LogP contribution in [-0.4, -0.2) is 32.9 Å². The maximum absolute atomic E-state index is 5.67. The third kappa shape index (κ3) is 3.63. The van der Waals surface area contributed by atoms with Crippen molar-refractivity contribution in [2.75, 3.05) is 6.61 Å². The minimum atomic E-state index is 0.254. The highest BCUT2D eigenvalue weighted by Crippen LogP contribution is 2.36. The number of aromatic nitrogens is 4. The number of nitrogens with zero attached hydrogens (tertiary/aromatic N) is 4. The van der Waals surface area contributed by atoms with Crippen LogP contribution in [0.3, 0.4) is 0 Å². The smallest absolute Gasteiger partial charge is 0.209 e. The van der Waals surface area contributed by atoms with E-state index in [1.54, 1.807) is 11.8 Å². The highest BCUT2D eigenvalue weighted by Gasteiger charge is 2.21. The first-order valence-electron chi connectivity index (χ1n) is 7.46. The quantitative estimate of drug-likeness (QED) is 0.768.